The molecular formula is C10H18. The van der Waals surface area contributed by atoms with Gasteiger partial charge in [-0.15, -0.1) is 0 Å². The second-order valence-corrected chi connectivity index (χ2v) is 4.23. The fourth-order valence-electron chi connectivity index (χ4n) is 2.60. The minimum Gasteiger partial charge on any atom is -0.0651 e. The normalized spacial score (nSPS) is 41.4. The van der Waals surface area contributed by atoms with Gasteiger partial charge in [-0.05, 0) is 36.5 Å². The first kappa shape index (κ1) is 6.69. The summed E-state index contributed by atoms with van der Waals surface area (Å²) in [5, 5.41) is 0. The highest BCUT2D eigenvalue weighted by Crippen LogP contribution is 2.66. The van der Waals surface area contributed by atoms with E-state index in [0.717, 1.165) is 17.3 Å². The Morgan fingerprint density at radius 2 is 2.00 bits per heavy atom. The third-order valence-electron chi connectivity index (χ3n) is 3.83. The van der Waals surface area contributed by atoms with E-state index < -0.39 is 0 Å². The van der Waals surface area contributed by atoms with Gasteiger partial charge in [-0.3, -0.25) is 0 Å². The summed E-state index contributed by atoms with van der Waals surface area (Å²) in [7, 11) is 0. The van der Waals surface area contributed by atoms with Crippen LogP contribution < -0.4 is 0 Å². The Balaban J connectivity index is 1.90. The molecule has 0 heteroatoms. The minimum absolute atomic E-state index is 0.876. The van der Waals surface area contributed by atoms with Gasteiger partial charge < -0.3 is 0 Å². The molecular weight excluding hydrogens is 120 g/mol. The summed E-state index contributed by atoms with van der Waals surface area (Å²) in [6.07, 6.45) is 7.54. The van der Waals surface area contributed by atoms with Crippen LogP contribution in [-0.2, 0) is 0 Å². The third-order valence-corrected chi connectivity index (χ3v) is 3.83. The lowest BCUT2D eigenvalue weighted by atomic mass is 9.95. The zero-order chi connectivity index (χ0) is 7.19. The molecule has 0 nitrogen and oxygen atoms in total. The molecule has 2 saturated carbocycles. The van der Waals surface area contributed by atoms with Crippen LogP contribution in [0.15, 0.2) is 0 Å². The van der Waals surface area contributed by atoms with Crippen molar-refractivity contribution >= 4 is 0 Å². The molecule has 2 aliphatic rings. The third kappa shape index (κ3) is 0.810. The van der Waals surface area contributed by atoms with E-state index in [1.807, 2.05) is 0 Å². The Bertz CT molecular complexity index is 133. The van der Waals surface area contributed by atoms with Gasteiger partial charge in [-0.1, -0.05) is 26.7 Å². The van der Waals surface area contributed by atoms with Crippen molar-refractivity contribution in [1.29, 1.82) is 0 Å². The molecule has 0 aliphatic heterocycles. The molecule has 0 bridgehead atoms. The molecule has 10 heavy (non-hydrogen) atoms. The van der Waals surface area contributed by atoms with Crippen molar-refractivity contribution in [1.82, 2.24) is 0 Å². The lowest BCUT2D eigenvalue weighted by Crippen LogP contribution is -2.02. The van der Waals surface area contributed by atoms with E-state index in [4.69, 9.17) is 0 Å². The van der Waals surface area contributed by atoms with Crippen LogP contribution in [-0.4, -0.2) is 0 Å². The zero-order valence-corrected chi connectivity index (χ0v) is 7.19. The molecule has 2 unspecified atom stereocenters. The van der Waals surface area contributed by atoms with E-state index >= 15 is 0 Å². The average molecular weight is 138 g/mol. The zero-order valence-electron chi connectivity index (χ0n) is 7.19. The summed E-state index contributed by atoms with van der Waals surface area (Å²) in [5.41, 5.74) is 0.876. The highest BCUT2D eigenvalue weighted by Gasteiger charge is 2.56. The van der Waals surface area contributed by atoms with E-state index in [0.29, 0.717) is 0 Å². The van der Waals surface area contributed by atoms with Crippen LogP contribution in [0.2, 0.25) is 0 Å². The van der Waals surface area contributed by atoms with Gasteiger partial charge in [0.05, 0.1) is 0 Å². The summed E-state index contributed by atoms with van der Waals surface area (Å²) in [6, 6.07) is 0. The second-order valence-electron chi connectivity index (χ2n) is 4.23. The molecule has 2 fully saturated rings. The van der Waals surface area contributed by atoms with Gasteiger partial charge in [-0.2, -0.15) is 0 Å². The van der Waals surface area contributed by atoms with Crippen LogP contribution in [0.5, 0.6) is 0 Å². The van der Waals surface area contributed by atoms with E-state index in [2.05, 4.69) is 13.8 Å². The minimum atomic E-state index is 0.876. The molecule has 0 heterocycles. The van der Waals surface area contributed by atoms with Crippen molar-refractivity contribution in [3.05, 3.63) is 0 Å². The summed E-state index contributed by atoms with van der Waals surface area (Å²) >= 11 is 0. The molecule has 58 valence electrons. The Morgan fingerprint density at radius 3 is 2.30 bits per heavy atom. The Morgan fingerprint density at radius 1 is 1.30 bits per heavy atom. The maximum Gasteiger partial charge on any atom is -0.0269 e. The summed E-state index contributed by atoms with van der Waals surface area (Å²) in [6.45, 7) is 4.72. The van der Waals surface area contributed by atoms with Crippen LogP contribution in [0.4, 0.5) is 0 Å². The van der Waals surface area contributed by atoms with Crippen molar-refractivity contribution in [2.45, 2.75) is 46.0 Å². The highest BCUT2D eigenvalue weighted by molar-refractivity contribution is 5.06. The van der Waals surface area contributed by atoms with E-state index in [1.54, 1.807) is 19.3 Å². The number of rotatable bonds is 3. The summed E-state index contributed by atoms with van der Waals surface area (Å²) in [4.78, 5) is 0. The van der Waals surface area contributed by atoms with Crippen molar-refractivity contribution < 1.29 is 0 Å². The lowest BCUT2D eigenvalue weighted by molar-refractivity contribution is 0.395. The lowest BCUT2D eigenvalue weighted by Gasteiger charge is -2.10. The largest absolute Gasteiger partial charge is 0.0651 e. The Hall–Kier alpha value is 0. The van der Waals surface area contributed by atoms with Gasteiger partial charge in [0, 0.05) is 0 Å². The first-order chi connectivity index (χ1) is 4.82. The molecule has 0 radical (unpaired) electrons. The molecule has 0 saturated heterocycles. The molecule has 2 rings (SSSR count). The van der Waals surface area contributed by atoms with Gasteiger partial charge in [0.25, 0.3) is 0 Å². The fraction of sp³-hybridized carbons (Fsp3) is 1.00. The monoisotopic (exact) mass is 138 g/mol. The Labute approximate surface area is 64.0 Å². The molecule has 0 aromatic carbocycles. The summed E-state index contributed by atoms with van der Waals surface area (Å²) in [5.74, 6) is 2.28. The molecule has 0 aromatic heterocycles. The van der Waals surface area contributed by atoms with Crippen molar-refractivity contribution in [2.75, 3.05) is 0 Å². The quantitative estimate of drug-likeness (QED) is 0.561. The molecule has 0 amide bonds. The highest BCUT2D eigenvalue weighted by atomic mass is 14.6. The summed E-state index contributed by atoms with van der Waals surface area (Å²) < 4.78 is 0. The van der Waals surface area contributed by atoms with Gasteiger partial charge in [0.15, 0.2) is 0 Å². The molecule has 0 N–H and O–H groups in total. The SMILES string of the molecule is CCC1CC1C1(CC)CC1. The first-order valence-electron chi connectivity index (χ1n) is 4.82. The predicted octanol–water partition coefficient (Wildman–Crippen LogP) is 3.22. The topological polar surface area (TPSA) is 0 Å². The average Bonchev–Trinajstić information content (AvgIpc) is 2.84. The number of hydrogen-bond donors (Lipinski definition) is 0. The molecule has 0 spiro atoms. The van der Waals surface area contributed by atoms with Gasteiger partial charge in [0.1, 0.15) is 0 Å². The van der Waals surface area contributed by atoms with E-state index in [9.17, 15) is 0 Å². The van der Waals surface area contributed by atoms with Crippen LogP contribution in [0, 0.1) is 17.3 Å². The molecule has 2 atom stereocenters. The smallest absolute Gasteiger partial charge is 0.0269 e. The van der Waals surface area contributed by atoms with E-state index in [1.165, 1.54) is 12.8 Å². The van der Waals surface area contributed by atoms with Gasteiger partial charge in [-0.25, -0.2) is 0 Å². The maximum absolute atomic E-state index is 2.37. The fourth-order valence-corrected chi connectivity index (χ4v) is 2.60. The predicted molar refractivity (Wildman–Crippen MR) is 43.8 cm³/mol. The standard InChI is InChI=1S/C10H18/c1-3-8-7-9(8)10(4-2)5-6-10/h8-9H,3-7H2,1-2H3. The molecule has 2 aliphatic carbocycles. The van der Waals surface area contributed by atoms with Crippen molar-refractivity contribution in [2.24, 2.45) is 17.3 Å². The molecule has 0 aromatic rings. The van der Waals surface area contributed by atoms with Crippen LogP contribution in [0.1, 0.15) is 46.0 Å². The van der Waals surface area contributed by atoms with Gasteiger partial charge in [0.2, 0.25) is 0 Å². The second kappa shape index (κ2) is 1.99. The van der Waals surface area contributed by atoms with Crippen LogP contribution >= 0.6 is 0 Å². The van der Waals surface area contributed by atoms with E-state index in [-0.39, 0.29) is 0 Å². The van der Waals surface area contributed by atoms with Crippen molar-refractivity contribution in [3.63, 3.8) is 0 Å². The maximum atomic E-state index is 2.37. The first-order valence-corrected chi connectivity index (χ1v) is 4.82. The van der Waals surface area contributed by atoms with Crippen LogP contribution in [0.3, 0.4) is 0 Å². The Kier molecular flexibility index (Phi) is 1.33. The van der Waals surface area contributed by atoms with Crippen molar-refractivity contribution in [3.8, 4) is 0 Å². The van der Waals surface area contributed by atoms with Gasteiger partial charge >= 0.3 is 0 Å². The van der Waals surface area contributed by atoms with Crippen LogP contribution in [0.25, 0.3) is 0 Å². The number of hydrogen-bond acceptors (Lipinski definition) is 0.